The van der Waals surface area contributed by atoms with Gasteiger partial charge in [0.2, 0.25) is 15.9 Å². The Morgan fingerprint density at radius 1 is 1.29 bits per heavy atom. The second-order valence-electron chi connectivity index (χ2n) is 5.81. The van der Waals surface area contributed by atoms with E-state index < -0.39 is 10.0 Å². The Morgan fingerprint density at radius 2 is 1.79 bits per heavy atom. The number of primary sulfonamides is 1. The van der Waals surface area contributed by atoms with Crippen molar-refractivity contribution in [3.05, 3.63) is 22.2 Å². The molecule has 2 rings (SSSR count). The molecule has 1 amide bonds. The fourth-order valence-corrected chi connectivity index (χ4v) is 3.90. The number of hydrogen-bond donors (Lipinski definition) is 2. The molecule has 1 saturated heterocycles. The Labute approximate surface area is 151 Å². The van der Waals surface area contributed by atoms with Crippen molar-refractivity contribution in [2.45, 2.75) is 31.0 Å². The van der Waals surface area contributed by atoms with Crippen molar-refractivity contribution in [1.82, 2.24) is 4.90 Å². The molecule has 3 N–H and O–H groups in total. The van der Waals surface area contributed by atoms with E-state index in [0.29, 0.717) is 13.1 Å². The molecule has 0 radical (unpaired) electrons. The zero-order valence-electron chi connectivity index (χ0n) is 13.3. The summed E-state index contributed by atoms with van der Waals surface area (Å²) in [6, 6.07) is 2.30. The SMILES string of the molecule is C[C@H]1CN(CC(=O)Nc2c(Cl)cc(S(N)(=O)=O)cc2Cl)C[C@H](C)O1. The average molecular weight is 396 g/mol. The van der Waals surface area contributed by atoms with Gasteiger partial charge >= 0.3 is 0 Å². The van der Waals surface area contributed by atoms with Crippen LogP contribution in [0.25, 0.3) is 0 Å². The van der Waals surface area contributed by atoms with E-state index in [4.69, 9.17) is 33.1 Å². The van der Waals surface area contributed by atoms with Gasteiger partial charge in [-0.1, -0.05) is 23.2 Å². The molecule has 0 unspecified atom stereocenters. The molecule has 0 saturated carbocycles. The highest BCUT2D eigenvalue weighted by Gasteiger charge is 2.24. The number of benzene rings is 1. The number of hydrogen-bond acceptors (Lipinski definition) is 5. The molecule has 0 spiro atoms. The first-order valence-electron chi connectivity index (χ1n) is 7.25. The number of halogens is 2. The van der Waals surface area contributed by atoms with Crippen molar-refractivity contribution >= 4 is 44.8 Å². The second-order valence-corrected chi connectivity index (χ2v) is 8.18. The van der Waals surface area contributed by atoms with E-state index in [2.05, 4.69) is 5.32 Å². The number of nitrogens with zero attached hydrogens (tertiary/aromatic N) is 1. The summed E-state index contributed by atoms with van der Waals surface area (Å²) >= 11 is 12.0. The number of nitrogens with two attached hydrogens (primary N) is 1. The zero-order chi connectivity index (χ0) is 18.1. The van der Waals surface area contributed by atoms with Crippen molar-refractivity contribution in [2.24, 2.45) is 5.14 Å². The van der Waals surface area contributed by atoms with E-state index in [1.54, 1.807) is 0 Å². The van der Waals surface area contributed by atoms with Crippen LogP contribution in [0.5, 0.6) is 0 Å². The topological polar surface area (TPSA) is 102 Å². The van der Waals surface area contributed by atoms with Gasteiger partial charge in [-0.05, 0) is 26.0 Å². The lowest BCUT2D eigenvalue weighted by atomic mass is 10.2. The first-order chi connectivity index (χ1) is 11.1. The van der Waals surface area contributed by atoms with Gasteiger partial charge in [-0.25, -0.2) is 13.6 Å². The molecule has 10 heteroatoms. The van der Waals surface area contributed by atoms with Crippen LogP contribution in [0.3, 0.4) is 0 Å². The van der Waals surface area contributed by atoms with E-state index in [-0.39, 0.29) is 45.3 Å². The smallest absolute Gasteiger partial charge is 0.238 e. The summed E-state index contributed by atoms with van der Waals surface area (Å²) in [5.41, 5.74) is 0.157. The quantitative estimate of drug-likeness (QED) is 0.807. The largest absolute Gasteiger partial charge is 0.373 e. The van der Waals surface area contributed by atoms with Crippen LogP contribution >= 0.6 is 23.2 Å². The van der Waals surface area contributed by atoms with Crippen molar-refractivity contribution < 1.29 is 17.9 Å². The standard InChI is InChI=1S/C14H19Cl2N3O4S/c1-8-5-19(6-9(2)23-8)7-13(20)18-14-11(15)3-10(4-12(14)16)24(17,21)22/h3-4,8-9H,5-7H2,1-2H3,(H,18,20)(H2,17,21,22)/t8-,9-/m0/s1. The number of amides is 1. The van der Waals surface area contributed by atoms with Crippen LogP contribution in [0.1, 0.15) is 13.8 Å². The van der Waals surface area contributed by atoms with E-state index in [9.17, 15) is 13.2 Å². The van der Waals surface area contributed by atoms with E-state index >= 15 is 0 Å². The van der Waals surface area contributed by atoms with Crippen molar-refractivity contribution in [3.63, 3.8) is 0 Å². The molecule has 0 bridgehead atoms. The van der Waals surface area contributed by atoms with Crippen LogP contribution in [0.2, 0.25) is 10.0 Å². The Morgan fingerprint density at radius 3 is 2.25 bits per heavy atom. The maximum Gasteiger partial charge on any atom is 0.238 e. The minimum atomic E-state index is -3.93. The Bertz CT molecular complexity index is 709. The lowest BCUT2D eigenvalue weighted by Crippen LogP contribution is -2.48. The van der Waals surface area contributed by atoms with Crippen LogP contribution in [0.4, 0.5) is 5.69 Å². The summed E-state index contributed by atoms with van der Waals surface area (Å²) < 4.78 is 28.3. The van der Waals surface area contributed by atoms with Gasteiger partial charge in [0.25, 0.3) is 0 Å². The molecule has 1 aromatic carbocycles. The van der Waals surface area contributed by atoms with Gasteiger partial charge in [0, 0.05) is 13.1 Å². The van der Waals surface area contributed by atoms with E-state index in [1.807, 2.05) is 18.7 Å². The molecular weight excluding hydrogens is 377 g/mol. The number of carbonyl (C=O) groups excluding carboxylic acids is 1. The average Bonchev–Trinajstić information content (AvgIpc) is 2.40. The molecule has 1 aromatic rings. The highest BCUT2D eigenvalue weighted by molar-refractivity contribution is 7.89. The number of ether oxygens (including phenoxy) is 1. The minimum absolute atomic E-state index is 0.00332. The lowest BCUT2D eigenvalue weighted by Gasteiger charge is -2.34. The maximum absolute atomic E-state index is 12.2. The molecule has 1 fully saturated rings. The van der Waals surface area contributed by atoms with E-state index in [1.165, 1.54) is 0 Å². The first kappa shape index (κ1) is 19.4. The summed E-state index contributed by atoms with van der Waals surface area (Å²) in [5, 5.41) is 7.66. The van der Waals surface area contributed by atoms with Crippen LogP contribution < -0.4 is 10.5 Å². The molecule has 2 atom stereocenters. The fourth-order valence-electron chi connectivity index (χ4n) is 2.63. The predicted octanol–water partition coefficient (Wildman–Crippen LogP) is 1.69. The summed E-state index contributed by atoms with van der Waals surface area (Å²) in [4.78, 5) is 14.0. The monoisotopic (exact) mass is 395 g/mol. The molecule has 7 nitrogen and oxygen atoms in total. The van der Waals surface area contributed by atoms with Crippen molar-refractivity contribution in [2.75, 3.05) is 25.0 Å². The lowest BCUT2D eigenvalue weighted by molar-refractivity contribution is -0.121. The fraction of sp³-hybridized carbons (Fsp3) is 0.500. The maximum atomic E-state index is 12.2. The van der Waals surface area contributed by atoms with Gasteiger partial charge in [-0.15, -0.1) is 0 Å². The van der Waals surface area contributed by atoms with E-state index in [0.717, 1.165) is 12.1 Å². The third kappa shape index (κ3) is 5.05. The predicted molar refractivity (Wildman–Crippen MR) is 92.9 cm³/mol. The summed E-state index contributed by atoms with van der Waals surface area (Å²) in [5.74, 6) is -0.302. The molecule has 0 aromatic heterocycles. The summed E-state index contributed by atoms with van der Waals surface area (Å²) in [7, 11) is -3.93. The van der Waals surface area contributed by atoms with Crippen LogP contribution in [0, 0.1) is 0 Å². The van der Waals surface area contributed by atoms with Gasteiger partial charge in [-0.2, -0.15) is 0 Å². The van der Waals surface area contributed by atoms with Gasteiger partial charge < -0.3 is 10.1 Å². The number of morpholine rings is 1. The summed E-state index contributed by atoms with van der Waals surface area (Å²) in [6.45, 7) is 5.33. The Kier molecular flexibility index (Phi) is 6.11. The van der Waals surface area contributed by atoms with Crippen LogP contribution in [-0.4, -0.2) is 51.1 Å². The number of carbonyl (C=O) groups is 1. The molecule has 1 aliphatic heterocycles. The number of anilines is 1. The molecular formula is C14H19Cl2N3O4S. The van der Waals surface area contributed by atoms with Crippen molar-refractivity contribution in [3.8, 4) is 0 Å². The summed E-state index contributed by atoms with van der Waals surface area (Å²) in [6.07, 6.45) is 0.0885. The number of rotatable bonds is 4. The third-order valence-corrected chi connectivity index (χ3v) is 4.96. The Balaban J connectivity index is 2.09. The highest BCUT2D eigenvalue weighted by Crippen LogP contribution is 2.33. The third-order valence-electron chi connectivity index (χ3n) is 3.47. The molecule has 1 heterocycles. The number of nitrogens with one attached hydrogen (secondary N) is 1. The van der Waals surface area contributed by atoms with Crippen LogP contribution in [0.15, 0.2) is 17.0 Å². The van der Waals surface area contributed by atoms with Gasteiger partial charge in [0.15, 0.2) is 0 Å². The van der Waals surface area contributed by atoms with Crippen LogP contribution in [-0.2, 0) is 19.6 Å². The van der Waals surface area contributed by atoms with Crippen molar-refractivity contribution in [1.29, 1.82) is 0 Å². The molecule has 1 aliphatic rings. The zero-order valence-corrected chi connectivity index (χ0v) is 15.6. The van der Waals surface area contributed by atoms with Gasteiger partial charge in [0.1, 0.15) is 0 Å². The number of sulfonamides is 1. The molecule has 0 aliphatic carbocycles. The second kappa shape index (κ2) is 7.55. The Hall–Kier alpha value is -0.900. The highest BCUT2D eigenvalue weighted by atomic mass is 35.5. The minimum Gasteiger partial charge on any atom is -0.373 e. The van der Waals surface area contributed by atoms with Gasteiger partial charge in [-0.3, -0.25) is 9.69 Å². The first-order valence-corrected chi connectivity index (χ1v) is 9.56. The van der Waals surface area contributed by atoms with Gasteiger partial charge in [0.05, 0.1) is 39.4 Å². The molecule has 134 valence electrons. The normalized spacial score (nSPS) is 22.4. The molecule has 24 heavy (non-hydrogen) atoms.